The Balaban J connectivity index is 2.01. The molecule has 6 heteroatoms. The third kappa shape index (κ3) is 3.62. The van der Waals surface area contributed by atoms with E-state index in [0.29, 0.717) is 21.2 Å². The molecule has 0 aromatic carbocycles. The molecule has 2 rings (SSSR count). The predicted octanol–water partition coefficient (Wildman–Crippen LogP) is 2.85. The van der Waals surface area contributed by atoms with Crippen molar-refractivity contribution in [2.45, 2.75) is 59.0 Å². The van der Waals surface area contributed by atoms with Crippen molar-refractivity contribution in [3.8, 4) is 0 Å². The average molecular weight is 296 g/mol. The van der Waals surface area contributed by atoms with Crippen LogP contribution in [0.15, 0.2) is 0 Å². The largest absolute Gasteiger partial charge is 0.382 e. The van der Waals surface area contributed by atoms with Gasteiger partial charge in [0.15, 0.2) is 5.13 Å². The molecular weight excluding hydrogens is 272 g/mol. The molecule has 1 unspecified atom stereocenters. The molecule has 1 aromatic heterocycles. The van der Waals surface area contributed by atoms with Crippen LogP contribution in [0.4, 0.5) is 10.9 Å². The van der Waals surface area contributed by atoms with Crippen LogP contribution in [0.5, 0.6) is 0 Å². The molecule has 5 nitrogen and oxygen atoms in total. The summed E-state index contributed by atoms with van der Waals surface area (Å²) in [5.74, 6) is 0.215. The van der Waals surface area contributed by atoms with E-state index >= 15 is 0 Å². The summed E-state index contributed by atoms with van der Waals surface area (Å²) in [7, 11) is 0. The van der Waals surface area contributed by atoms with Gasteiger partial charge in [-0.3, -0.25) is 4.79 Å². The second-order valence-electron chi connectivity index (χ2n) is 6.61. The van der Waals surface area contributed by atoms with Crippen LogP contribution in [0.2, 0.25) is 0 Å². The van der Waals surface area contributed by atoms with Crippen LogP contribution in [0, 0.1) is 5.41 Å². The SMILES string of the molecule is CC(C)Nc1nc(N)c(C(=O)NC2CCC(C)(C)C2)s1. The van der Waals surface area contributed by atoms with Gasteiger partial charge in [-0.25, -0.2) is 4.98 Å². The summed E-state index contributed by atoms with van der Waals surface area (Å²) in [5, 5.41) is 6.96. The molecule has 20 heavy (non-hydrogen) atoms. The highest BCUT2D eigenvalue weighted by molar-refractivity contribution is 7.18. The average Bonchev–Trinajstić information content (AvgIpc) is 2.81. The number of rotatable bonds is 4. The molecule has 1 atom stereocenters. The van der Waals surface area contributed by atoms with Crippen LogP contribution in [-0.4, -0.2) is 23.0 Å². The van der Waals surface area contributed by atoms with Gasteiger partial charge in [0.2, 0.25) is 0 Å². The number of nitrogens with two attached hydrogens (primary N) is 1. The molecule has 0 bridgehead atoms. The Morgan fingerprint density at radius 1 is 1.50 bits per heavy atom. The van der Waals surface area contributed by atoms with E-state index in [-0.39, 0.29) is 18.0 Å². The lowest BCUT2D eigenvalue weighted by molar-refractivity contribution is 0.0941. The van der Waals surface area contributed by atoms with E-state index in [2.05, 4.69) is 29.5 Å². The number of amides is 1. The molecule has 0 aliphatic heterocycles. The Morgan fingerprint density at radius 2 is 2.20 bits per heavy atom. The minimum atomic E-state index is -0.0977. The standard InChI is InChI=1S/C14H24N4OS/c1-8(2)16-13-18-11(15)10(20-13)12(19)17-9-5-6-14(3,4)7-9/h8-9H,5-7,15H2,1-4H3,(H,16,18)(H,17,19). The lowest BCUT2D eigenvalue weighted by Crippen LogP contribution is -2.33. The van der Waals surface area contributed by atoms with Gasteiger partial charge in [-0.15, -0.1) is 0 Å². The van der Waals surface area contributed by atoms with Gasteiger partial charge in [0.05, 0.1) is 0 Å². The van der Waals surface area contributed by atoms with Crippen LogP contribution in [0.1, 0.15) is 56.6 Å². The summed E-state index contributed by atoms with van der Waals surface area (Å²) in [6, 6.07) is 0.521. The van der Waals surface area contributed by atoms with Crippen LogP contribution in [0.25, 0.3) is 0 Å². The molecule has 1 heterocycles. The molecule has 1 fully saturated rings. The van der Waals surface area contributed by atoms with Crippen molar-refractivity contribution < 1.29 is 4.79 Å². The molecule has 0 radical (unpaired) electrons. The van der Waals surface area contributed by atoms with Crippen LogP contribution in [-0.2, 0) is 0 Å². The minimum Gasteiger partial charge on any atom is -0.382 e. The van der Waals surface area contributed by atoms with Crippen molar-refractivity contribution in [1.29, 1.82) is 0 Å². The second-order valence-corrected chi connectivity index (χ2v) is 7.61. The van der Waals surface area contributed by atoms with E-state index < -0.39 is 0 Å². The van der Waals surface area contributed by atoms with Gasteiger partial charge < -0.3 is 16.4 Å². The molecule has 112 valence electrons. The Hall–Kier alpha value is -1.30. The summed E-state index contributed by atoms with van der Waals surface area (Å²) in [6.45, 7) is 8.53. The van der Waals surface area contributed by atoms with E-state index in [1.54, 1.807) is 0 Å². The molecule has 4 N–H and O–H groups in total. The lowest BCUT2D eigenvalue weighted by Gasteiger charge is -2.17. The molecule has 1 aromatic rings. The van der Waals surface area contributed by atoms with Crippen molar-refractivity contribution in [2.75, 3.05) is 11.1 Å². The molecular formula is C14H24N4OS. The first-order valence-electron chi connectivity index (χ1n) is 7.10. The maximum Gasteiger partial charge on any atom is 0.265 e. The predicted molar refractivity (Wildman–Crippen MR) is 84.2 cm³/mol. The number of carbonyl (C=O) groups is 1. The zero-order valence-corrected chi connectivity index (χ0v) is 13.4. The third-order valence-corrected chi connectivity index (χ3v) is 4.58. The number of aromatic nitrogens is 1. The van der Waals surface area contributed by atoms with E-state index in [1.165, 1.54) is 11.3 Å². The number of carbonyl (C=O) groups excluding carboxylic acids is 1. The van der Waals surface area contributed by atoms with Crippen molar-refractivity contribution >= 4 is 28.2 Å². The lowest BCUT2D eigenvalue weighted by atomic mass is 9.92. The Labute approximate surface area is 124 Å². The first kappa shape index (κ1) is 15.1. The number of anilines is 2. The minimum absolute atomic E-state index is 0.0977. The molecule has 1 saturated carbocycles. The van der Waals surface area contributed by atoms with Gasteiger partial charge in [-0.05, 0) is 38.5 Å². The summed E-state index contributed by atoms with van der Waals surface area (Å²) in [5.41, 5.74) is 6.17. The topological polar surface area (TPSA) is 80.0 Å². The van der Waals surface area contributed by atoms with Crippen LogP contribution in [0.3, 0.4) is 0 Å². The van der Waals surface area contributed by atoms with Crippen molar-refractivity contribution in [1.82, 2.24) is 10.3 Å². The fraction of sp³-hybridized carbons (Fsp3) is 0.714. The number of nitrogens with zero attached hydrogens (tertiary/aromatic N) is 1. The number of thiazole rings is 1. The molecule has 1 aliphatic carbocycles. The maximum absolute atomic E-state index is 12.3. The number of hydrogen-bond donors (Lipinski definition) is 3. The van der Waals surface area contributed by atoms with Crippen LogP contribution >= 0.6 is 11.3 Å². The number of hydrogen-bond acceptors (Lipinski definition) is 5. The highest BCUT2D eigenvalue weighted by atomic mass is 32.1. The van der Waals surface area contributed by atoms with Crippen molar-refractivity contribution in [2.24, 2.45) is 5.41 Å². The van der Waals surface area contributed by atoms with Gasteiger partial charge in [0.25, 0.3) is 5.91 Å². The Kier molecular flexibility index (Phi) is 4.22. The summed E-state index contributed by atoms with van der Waals surface area (Å²) >= 11 is 1.32. The second kappa shape index (κ2) is 5.60. The molecule has 1 aliphatic rings. The molecule has 1 amide bonds. The van der Waals surface area contributed by atoms with Crippen molar-refractivity contribution in [3.05, 3.63) is 4.88 Å². The first-order valence-corrected chi connectivity index (χ1v) is 7.92. The zero-order valence-electron chi connectivity index (χ0n) is 12.6. The maximum atomic E-state index is 12.3. The highest BCUT2D eigenvalue weighted by Gasteiger charge is 2.32. The van der Waals surface area contributed by atoms with Crippen LogP contribution < -0.4 is 16.4 Å². The fourth-order valence-electron chi connectivity index (χ4n) is 2.61. The first-order chi connectivity index (χ1) is 9.27. The summed E-state index contributed by atoms with van der Waals surface area (Å²) < 4.78 is 0. The van der Waals surface area contributed by atoms with E-state index in [0.717, 1.165) is 19.3 Å². The molecule has 0 spiro atoms. The Bertz CT molecular complexity index is 495. The summed E-state index contributed by atoms with van der Waals surface area (Å²) in [6.07, 6.45) is 3.21. The normalized spacial score (nSPS) is 21.1. The smallest absolute Gasteiger partial charge is 0.265 e. The van der Waals surface area contributed by atoms with Gasteiger partial charge >= 0.3 is 0 Å². The van der Waals surface area contributed by atoms with E-state index in [9.17, 15) is 4.79 Å². The Morgan fingerprint density at radius 3 is 2.75 bits per heavy atom. The quantitative estimate of drug-likeness (QED) is 0.798. The number of nitrogens with one attached hydrogen (secondary N) is 2. The summed E-state index contributed by atoms with van der Waals surface area (Å²) in [4.78, 5) is 17.0. The van der Waals surface area contributed by atoms with Gasteiger partial charge in [-0.1, -0.05) is 25.2 Å². The van der Waals surface area contributed by atoms with E-state index in [4.69, 9.17) is 5.73 Å². The zero-order chi connectivity index (χ0) is 14.9. The van der Waals surface area contributed by atoms with E-state index in [1.807, 2.05) is 13.8 Å². The monoisotopic (exact) mass is 296 g/mol. The third-order valence-electron chi connectivity index (χ3n) is 3.58. The molecule has 0 saturated heterocycles. The number of nitrogen functional groups attached to an aromatic ring is 1. The van der Waals surface area contributed by atoms with Gasteiger partial charge in [0.1, 0.15) is 10.7 Å². The van der Waals surface area contributed by atoms with Gasteiger partial charge in [-0.2, -0.15) is 0 Å². The fourth-order valence-corrected chi connectivity index (χ4v) is 3.55. The highest BCUT2D eigenvalue weighted by Crippen LogP contribution is 2.37. The van der Waals surface area contributed by atoms with Gasteiger partial charge in [0, 0.05) is 12.1 Å². The van der Waals surface area contributed by atoms with Crippen molar-refractivity contribution in [3.63, 3.8) is 0 Å².